The number of aromatic nitrogens is 1. The lowest BCUT2D eigenvalue weighted by atomic mass is 9.99. The summed E-state index contributed by atoms with van der Waals surface area (Å²) >= 11 is 0. The van der Waals surface area contributed by atoms with E-state index in [4.69, 9.17) is 10.3 Å². The van der Waals surface area contributed by atoms with Crippen LogP contribution in [0.5, 0.6) is 0 Å². The second-order valence-corrected chi connectivity index (χ2v) is 7.06. The lowest BCUT2D eigenvalue weighted by Crippen LogP contribution is -2.32. The summed E-state index contributed by atoms with van der Waals surface area (Å²) in [7, 11) is -3.54. The van der Waals surface area contributed by atoms with Gasteiger partial charge in [-0.1, -0.05) is 18.5 Å². The second-order valence-electron chi connectivity index (χ2n) is 5.19. The van der Waals surface area contributed by atoms with Gasteiger partial charge in [0.25, 0.3) is 0 Å². The predicted octanol–water partition coefficient (Wildman–Crippen LogP) is 1.04. The molecular formula is C12H21N3O3S. The van der Waals surface area contributed by atoms with Gasteiger partial charge in [0.05, 0.1) is 0 Å². The molecule has 0 amide bonds. The van der Waals surface area contributed by atoms with Crippen LogP contribution >= 0.6 is 0 Å². The van der Waals surface area contributed by atoms with Crippen molar-refractivity contribution in [1.29, 1.82) is 0 Å². The molecule has 0 saturated carbocycles. The van der Waals surface area contributed by atoms with Crippen molar-refractivity contribution in [2.45, 2.75) is 44.6 Å². The van der Waals surface area contributed by atoms with Gasteiger partial charge >= 0.3 is 0 Å². The van der Waals surface area contributed by atoms with Gasteiger partial charge in [0.15, 0.2) is 5.76 Å². The molecule has 1 fully saturated rings. The fourth-order valence-electron chi connectivity index (χ4n) is 2.70. The van der Waals surface area contributed by atoms with Crippen LogP contribution in [0.2, 0.25) is 0 Å². The Morgan fingerprint density at radius 2 is 2.11 bits per heavy atom. The van der Waals surface area contributed by atoms with E-state index in [0.29, 0.717) is 24.5 Å². The van der Waals surface area contributed by atoms with E-state index in [1.165, 1.54) is 4.31 Å². The quantitative estimate of drug-likeness (QED) is 0.893. The summed E-state index contributed by atoms with van der Waals surface area (Å²) in [4.78, 5) is 0.192. The first kappa shape index (κ1) is 14.5. The van der Waals surface area contributed by atoms with Crippen LogP contribution in [-0.4, -0.2) is 37.0 Å². The SMILES string of the molecule is CCC[C@H]1CN(S(=O)(=O)c2c(C)noc2C)C[C@@H]1N. The van der Waals surface area contributed by atoms with E-state index in [0.717, 1.165) is 12.8 Å². The summed E-state index contributed by atoms with van der Waals surface area (Å²) in [5.74, 6) is 0.574. The number of nitrogens with zero attached hydrogens (tertiary/aromatic N) is 2. The summed E-state index contributed by atoms with van der Waals surface area (Å²) in [5.41, 5.74) is 6.44. The molecule has 1 aliphatic rings. The molecule has 0 radical (unpaired) electrons. The van der Waals surface area contributed by atoms with Crippen molar-refractivity contribution in [2.24, 2.45) is 11.7 Å². The molecule has 6 nitrogen and oxygen atoms in total. The molecule has 0 unspecified atom stereocenters. The minimum atomic E-state index is -3.54. The molecule has 2 rings (SSSR count). The van der Waals surface area contributed by atoms with Gasteiger partial charge in [-0.25, -0.2) is 8.42 Å². The van der Waals surface area contributed by atoms with E-state index in [2.05, 4.69) is 12.1 Å². The number of hydrogen-bond acceptors (Lipinski definition) is 5. The van der Waals surface area contributed by atoms with Crippen molar-refractivity contribution in [3.8, 4) is 0 Å². The number of nitrogens with two attached hydrogens (primary N) is 1. The topological polar surface area (TPSA) is 89.4 Å². The molecule has 1 aliphatic heterocycles. The maximum absolute atomic E-state index is 12.6. The van der Waals surface area contributed by atoms with Crippen molar-refractivity contribution < 1.29 is 12.9 Å². The Labute approximate surface area is 114 Å². The van der Waals surface area contributed by atoms with Gasteiger partial charge in [-0.05, 0) is 26.2 Å². The van der Waals surface area contributed by atoms with E-state index >= 15 is 0 Å². The van der Waals surface area contributed by atoms with E-state index in [-0.39, 0.29) is 16.9 Å². The van der Waals surface area contributed by atoms with Crippen molar-refractivity contribution >= 4 is 10.0 Å². The van der Waals surface area contributed by atoms with Crippen molar-refractivity contribution in [1.82, 2.24) is 9.46 Å². The highest BCUT2D eigenvalue weighted by molar-refractivity contribution is 7.89. The zero-order valence-electron chi connectivity index (χ0n) is 11.6. The third-order valence-corrected chi connectivity index (χ3v) is 5.76. The molecule has 7 heteroatoms. The van der Waals surface area contributed by atoms with Gasteiger partial charge in [0.2, 0.25) is 10.0 Å². The van der Waals surface area contributed by atoms with Gasteiger partial charge in [0, 0.05) is 19.1 Å². The number of rotatable bonds is 4. The standard InChI is InChI=1S/C12H21N3O3S/c1-4-5-10-6-15(7-11(10)13)19(16,17)12-8(2)14-18-9(12)3/h10-11H,4-7,13H2,1-3H3/t10-,11-/m0/s1. The predicted molar refractivity (Wildman–Crippen MR) is 71.1 cm³/mol. The second kappa shape index (κ2) is 5.22. The normalized spacial score (nSPS) is 25.1. The molecule has 1 aromatic rings. The van der Waals surface area contributed by atoms with Crippen LogP contribution in [0.4, 0.5) is 0 Å². The summed E-state index contributed by atoms with van der Waals surface area (Å²) in [5, 5.41) is 3.72. The Morgan fingerprint density at radius 1 is 1.42 bits per heavy atom. The molecular weight excluding hydrogens is 266 g/mol. The number of hydrogen-bond donors (Lipinski definition) is 1. The highest BCUT2D eigenvalue weighted by atomic mass is 32.2. The van der Waals surface area contributed by atoms with Crippen molar-refractivity contribution in [3.63, 3.8) is 0 Å². The molecule has 0 aromatic carbocycles. The summed E-state index contributed by atoms with van der Waals surface area (Å²) in [6.07, 6.45) is 1.96. The van der Waals surface area contributed by atoms with Gasteiger partial charge in [-0.3, -0.25) is 0 Å². The molecule has 0 aliphatic carbocycles. The van der Waals surface area contributed by atoms with Gasteiger partial charge in [-0.2, -0.15) is 4.31 Å². The highest BCUT2D eigenvalue weighted by Crippen LogP contribution is 2.29. The minimum Gasteiger partial charge on any atom is -0.360 e. The zero-order chi connectivity index (χ0) is 14.2. The molecule has 0 spiro atoms. The van der Waals surface area contributed by atoms with Crippen LogP contribution in [0, 0.1) is 19.8 Å². The van der Waals surface area contributed by atoms with Gasteiger partial charge < -0.3 is 10.3 Å². The Morgan fingerprint density at radius 3 is 2.63 bits per heavy atom. The molecule has 108 valence electrons. The average molecular weight is 287 g/mol. The maximum Gasteiger partial charge on any atom is 0.248 e. The zero-order valence-corrected chi connectivity index (χ0v) is 12.4. The molecule has 19 heavy (non-hydrogen) atoms. The monoisotopic (exact) mass is 287 g/mol. The first-order valence-corrected chi connectivity index (χ1v) is 8.00. The van der Waals surface area contributed by atoms with Crippen LogP contribution < -0.4 is 5.73 Å². The molecule has 1 saturated heterocycles. The number of aryl methyl sites for hydroxylation is 2. The summed E-state index contributed by atoms with van der Waals surface area (Å²) in [6, 6.07) is -0.0878. The van der Waals surface area contributed by atoms with Crippen molar-refractivity contribution in [2.75, 3.05) is 13.1 Å². The first-order chi connectivity index (χ1) is 8.87. The molecule has 2 atom stereocenters. The van der Waals surface area contributed by atoms with Crippen LogP contribution in [0.25, 0.3) is 0 Å². The molecule has 1 aromatic heterocycles. The minimum absolute atomic E-state index is 0.0878. The van der Waals surface area contributed by atoms with Crippen LogP contribution in [0.15, 0.2) is 9.42 Å². The largest absolute Gasteiger partial charge is 0.360 e. The fourth-order valence-corrected chi connectivity index (χ4v) is 4.53. The molecule has 2 N–H and O–H groups in total. The third kappa shape index (κ3) is 2.54. The average Bonchev–Trinajstić information content (AvgIpc) is 2.85. The van der Waals surface area contributed by atoms with E-state index in [1.54, 1.807) is 13.8 Å². The lowest BCUT2D eigenvalue weighted by molar-refractivity contribution is 0.389. The molecule has 2 heterocycles. The van der Waals surface area contributed by atoms with Crippen LogP contribution in [-0.2, 0) is 10.0 Å². The third-order valence-electron chi connectivity index (χ3n) is 3.68. The smallest absolute Gasteiger partial charge is 0.248 e. The summed E-state index contributed by atoms with van der Waals surface area (Å²) in [6.45, 7) is 6.20. The Kier molecular flexibility index (Phi) is 3.98. The van der Waals surface area contributed by atoms with Gasteiger partial charge in [0.1, 0.15) is 10.6 Å². The number of sulfonamides is 1. The van der Waals surface area contributed by atoms with Crippen molar-refractivity contribution in [3.05, 3.63) is 11.5 Å². The van der Waals surface area contributed by atoms with Crippen LogP contribution in [0.1, 0.15) is 31.2 Å². The summed E-state index contributed by atoms with van der Waals surface area (Å²) < 4.78 is 31.6. The maximum atomic E-state index is 12.6. The van der Waals surface area contributed by atoms with Gasteiger partial charge in [-0.15, -0.1) is 0 Å². The Bertz CT molecular complexity index is 533. The van der Waals surface area contributed by atoms with E-state index in [1.807, 2.05) is 0 Å². The first-order valence-electron chi connectivity index (χ1n) is 6.56. The molecule has 0 bridgehead atoms. The van der Waals surface area contributed by atoms with E-state index in [9.17, 15) is 8.42 Å². The fraction of sp³-hybridized carbons (Fsp3) is 0.750. The Hall–Kier alpha value is -0.920. The van der Waals surface area contributed by atoms with E-state index < -0.39 is 10.0 Å². The lowest BCUT2D eigenvalue weighted by Gasteiger charge is -2.15. The highest BCUT2D eigenvalue weighted by Gasteiger charge is 2.39. The van der Waals surface area contributed by atoms with Crippen LogP contribution in [0.3, 0.4) is 0 Å². The Balaban J connectivity index is 2.28.